The van der Waals surface area contributed by atoms with E-state index in [1.165, 1.54) is 0 Å². The maximum absolute atomic E-state index is 5.74. The van der Waals surface area contributed by atoms with Crippen LogP contribution < -0.4 is 5.32 Å². The first-order valence-corrected chi connectivity index (χ1v) is 8.10. The van der Waals surface area contributed by atoms with Gasteiger partial charge in [-0.1, -0.05) is 0 Å². The molecule has 1 rings (SSSR count). The molecule has 0 saturated heterocycles. The molecule has 1 aromatic rings. The molecule has 7 heteroatoms. The van der Waals surface area contributed by atoms with Crippen LogP contribution in [0.2, 0.25) is 0 Å². The summed E-state index contributed by atoms with van der Waals surface area (Å²) in [4.78, 5) is 2.14. The molecule has 1 N–H and O–H groups in total. The monoisotopic (exact) mass is 362 g/mol. The summed E-state index contributed by atoms with van der Waals surface area (Å²) < 4.78 is 14.4. The smallest absolute Gasteiger partial charge is 0.178 e. The number of nitrogens with zero attached hydrogens (tertiary/aromatic N) is 3. The lowest BCUT2D eigenvalue weighted by Crippen LogP contribution is -2.36. The highest BCUT2D eigenvalue weighted by molar-refractivity contribution is 9.10. The molecule has 21 heavy (non-hydrogen) atoms. The van der Waals surface area contributed by atoms with E-state index in [1.54, 1.807) is 0 Å². The number of likely N-dealkylation sites (N-methyl/N-ethyl adjacent to an activating group) is 2. The molecule has 0 aliphatic carbocycles. The van der Waals surface area contributed by atoms with Crippen LogP contribution in [-0.4, -0.2) is 61.9 Å². The van der Waals surface area contributed by atoms with Gasteiger partial charge in [0.15, 0.2) is 6.29 Å². The highest BCUT2D eigenvalue weighted by atomic mass is 79.9. The lowest BCUT2D eigenvalue weighted by atomic mass is 10.2. The Bertz CT molecular complexity index is 406. The molecule has 0 aliphatic rings. The predicted molar refractivity (Wildman–Crippen MR) is 87.3 cm³/mol. The summed E-state index contributed by atoms with van der Waals surface area (Å²) in [5, 5.41) is 7.74. The van der Waals surface area contributed by atoms with Crippen LogP contribution in [-0.2, 0) is 16.0 Å². The van der Waals surface area contributed by atoms with Crippen LogP contribution in [0.4, 0.5) is 0 Å². The molecule has 1 atom stereocenters. The topological polar surface area (TPSA) is 51.6 Å². The summed E-state index contributed by atoms with van der Waals surface area (Å²) in [6, 6.07) is -0.0797. The Morgan fingerprint density at radius 2 is 1.95 bits per heavy atom. The molecule has 0 aromatic carbocycles. The van der Waals surface area contributed by atoms with Crippen LogP contribution in [0, 0.1) is 0 Å². The van der Waals surface area contributed by atoms with Crippen molar-refractivity contribution in [3.63, 3.8) is 0 Å². The predicted octanol–water partition coefficient (Wildman–Crippen LogP) is 1.87. The number of rotatable bonds is 10. The van der Waals surface area contributed by atoms with Gasteiger partial charge in [0.1, 0.15) is 6.04 Å². The number of nitrogens with one attached hydrogen (secondary N) is 1. The Morgan fingerprint density at radius 1 is 1.33 bits per heavy atom. The number of hydrogen-bond acceptors (Lipinski definition) is 5. The molecule has 0 bridgehead atoms. The van der Waals surface area contributed by atoms with Crippen LogP contribution in [0.5, 0.6) is 0 Å². The molecule has 0 aliphatic heterocycles. The van der Waals surface area contributed by atoms with Crippen molar-refractivity contribution in [1.82, 2.24) is 20.0 Å². The summed E-state index contributed by atoms with van der Waals surface area (Å²) >= 11 is 3.59. The van der Waals surface area contributed by atoms with E-state index in [1.807, 2.05) is 31.8 Å². The first kappa shape index (κ1) is 18.6. The van der Waals surface area contributed by atoms with E-state index in [4.69, 9.17) is 9.47 Å². The highest BCUT2D eigenvalue weighted by Gasteiger charge is 2.28. The second-order valence-electron chi connectivity index (χ2n) is 4.95. The highest BCUT2D eigenvalue weighted by Crippen LogP contribution is 2.27. The standard InChI is InChI=1S/C14H27BrN4O2/c1-6-20-14(21-7-2)12(16-3)13-11(15)10-17-19(13)9-8-18(4)5/h10,12,14,16H,6-9H2,1-5H3. The van der Waals surface area contributed by atoms with Gasteiger partial charge in [0.2, 0.25) is 0 Å². The summed E-state index contributed by atoms with van der Waals surface area (Å²) in [5.74, 6) is 0. The first-order chi connectivity index (χ1) is 10.0. The lowest BCUT2D eigenvalue weighted by molar-refractivity contribution is -0.155. The summed E-state index contributed by atoms with van der Waals surface area (Å²) in [5.41, 5.74) is 1.05. The minimum absolute atomic E-state index is 0.0797. The van der Waals surface area contributed by atoms with E-state index in [2.05, 4.69) is 45.3 Å². The third kappa shape index (κ3) is 5.34. The van der Waals surface area contributed by atoms with Gasteiger partial charge < -0.3 is 19.7 Å². The van der Waals surface area contributed by atoms with Gasteiger partial charge in [-0.3, -0.25) is 4.68 Å². The molecule has 0 spiro atoms. The molecule has 122 valence electrons. The van der Waals surface area contributed by atoms with E-state index in [0.29, 0.717) is 13.2 Å². The number of aromatic nitrogens is 2. The van der Waals surface area contributed by atoms with Crippen molar-refractivity contribution < 1.29 is 9.47 Å². The normalized spacial score (nSPS) is 13.3. The number of hydrogen-bond donors (Lipinski definition) is 1. The molecule has 0 amide bonds. The summed E-state index contributed by atoms with van der Waals surface area (Å²) in [6.07, 6.45) is 1.49. The van der Waals surface area contributed by atoms with E-state index < -0.39 is 0 Å². The molecule has 1 unspecified atom stereocenters. The summed E-state index contributed by atoms with van der Waals surface area (Å²) in [7, 11) is 6.01. The largest absolute Gasteiger partial charge is 0.351 e. The second-order valence-corrected chi connectivity index (χ2v) is 5.80. The van der Waals surface area contributed by atoms with Gasteiger partial charge in [0, 0.05) is 19.8 Å². The van der Waals surface area contributed by atoms with Crippen molar-refractivity contribution in [3.8, 4) is 0 Å². The third-order valence-electron chi connectivity index (χ3n) is 3.13. The number of halogens is 1. The maximum Gasteiger partial charge on any atom is 0.178 e. The van der Waals surface area contributed by atoms with Gasteiger partial charge in [-0.2, -0.15) is 5.10 Å². The molecular weight excluding hydrogens is 336 g/mol. The molecule has 1 heterocycles. The van der Waals surface area contributed by atoms with Crippen molar-refractivity contribution in [2.75, 3.05) is 40.9 Å². The van der Waals surface area contributed by atoms with Crippen molar-refractivity contribution in [3.05, 3.63) is 16.4 Å². The van der Waals surface area contributed by atoms with Crippen LogP contribution in [0.15, 0.2) is 10.7 Å². The maximum atomic E-state index is 5.74. The Kier molecular flexibility index (Phi) is 8.43. The van der Waals surface area contributed by atoms with Crippen molar-refractivity contribution in [2.45, 2.75) is 32.7 Å². The van der Waals surface area contributed by atoms with Crippen LogP contribution in [0.3, 0.4) is 0 Å². The zero-order chi connectivity index (χ0) is 15.8. The molecule has 0 saturated carbocycles. The van der Waals surface area contributed by atoms with E-state index in [0.717, 1.165) is 23.3 Å². The van der Waals surface area contributed by atoms with Crippen LogP contribution >= 0.6 is 15.9 Å². The Hall–Kier alpha value is -0.470. The molecular formula is C14H27BrN4O2. The Morgan fingerprint density at radius 3 is 2.43 bits per heavy atom. The van der Waals surface area contributed by atoms with E-state index in [9.17, 15) is 0 Å². The van der Waals surface area contributed by atoms with Gasteiger partial charge >= 0.3 is 0 Å². The van der Waals surface area contributed by atoms with Crippen LogP contribution in [0.25, 0.3) is 0 Å². The first-order valence-electron chi connectivity index (χ1n) is 7.31. The Balaban J connectivity index is 2.99. The second kappa shape index (κ2) is 9.53. The molecule has 0 radical (unpaired) electrons. The fraction of sp³-hybridized carbons (Fsp3) is 0.786. The van der Waals surface area contributed by atoms with Crippen LogP contribution in [0.1, 0.15) is 25.6 Å². The zero-order valence-corrected chi connectivity index (χ0v) is 15.2. The van der Waals surface area contributed by atoms with E-state index >= 15 is 0 Å². The van der Waals surface area contributed by atoms with E-state index in [-0.39, 0.29) is 12.3 Å². The zero-order valence-electron chi connectivity index (χ0n) is 13.6. The van der Waals surface area contributed by atoms with Gasteiger partial charge in [0.05, 0.1) is 22.9 Å². The lowest BCUT2D eigenvalue weighted by Gasteiger charge is -2.27. The van der Waals surface area contributed by atoms with Gasteiger partial charge in [-0.15, -0.1) is 0 Å². The average molecular weight is 363 g/mol. The van der Waals surface area contributed by atoms with Crippen molar-refractivity contribution in [2.24, 2.45) is 0 Å². The third-order valence-corrected chi connectivity index (χ3v) is 3.74. The van der Waals surface area contributed by atoms with Gasteiger partial charge in [0.25, 0.3) is 0 Å². The van der Waals surface area contributed by atoms with Crippen molar-refractivity contribution in [1.29, 1.82) is 0 Å². The average Bonchev–Trinajstić information content (AvgIpc) is 2.80. The van der Waals surface area contributed by atoms with Gasteiger partial charge in [-0.25, -0.2) is 0 Å². The fourth-order valence-electron chi connectivity index (χ4n) is 2.12. The molecule has 0 fully saturated rings. The molecule has 1 aromatic heterocycles. The minimum Gasteiger partial charge on any atom is -0.351 e. The van der Waals surface area contributed by atoms with Crippen molar-refractivity contribution >= 4 is 15.9 Å². The Labute approximate surface area is 135 Å². The fourth-order valence-corrected chi connectivity index (χ4v) is 2.67. The quantitative estimate of drug-likeness (QED) is 0.644. The summed E-state index contributed by atoms with van der Waals surface area (Å²) in [6.45, 7) is 6.88. The van der Waals surface area contributed by atoms with Gasteiger partial charge in [-0.05, 0) is 50.9 Å². The SMILES string of the molecule is CCOC(OCC)C(NC)c1c(Br)cnn1CCN(C)C. The number of ether oxygens (including phenoxy) is 2. The molecule has 6 nitrogen and oxygen atoms in total. The minimum atomic E-state index is -0.337.